The Morgan fingerprint density at radius 1 is 1.40 bits per heavy atom. The highest BCUT2D eigenvalue weighted by Crippen LogP contribution is 2.27. The van der Waals surface area contributed by atoms with Crippen LogP contribution in [0.25, 0.3) is 11.1 Å². The van der Waals surface area contributed by atoms with E-state index < -0.39 is 0 Å². The molecule has 0 spiro atoms. The van der Waals surface area contributed by atoms with Crippen LogP contribution >= 0.6 is 0 Å². The highest BCUT2D eigenvalue weighted by molar-refractivity contribution is 5.67. The summed E-state index contributed by atoms with van der Waals surface area (Å²) in [5.41, 5.74) is 3.38. The molecule has 0 bridgehead atoms. The van der Waals surface area contributed by atoms with Crippen LogP contribution < -0.4 is 5.32 Å². The second-order valence-corrected chi connectivity index (χ2v) is 5.53. The SMILES string of the molecule is Cn1ncc(-c2cccc(O)c2)c1CC1CCCCN1. The van der Waals surface area contributed by atoms with Gasteiger partial charge in [-0.3, -0.25) is 4.68 Å². The van der Waals surface area contributed by atoms with Gasteiger partial charge >= 0.3 is 0 Å². The third-order valence-corrected chi connectivity index (χ3v) is 4.07. The molecule has 1 aliphatic heterocycles. The zero-order valence-corrected chi connectivity index (χ0v) is 11.8. The molecule has 1 fully saturated rings. The second kappa shape index (κ2) is 5.67. The van der Waals surface area contributed by atoms with Crippen molar-refractivity contribution in [2.24, 2.45) is 7.05 Å². The number of nitrogens with zero attached hydrogens (tertiary/aromatic N) is 2. The average Bonchev–Trinajstić information content (AvgIpc) is 2.82. The minimum absolute atomic E-state index is 0.299. The Labute approximate surface area is 119 Å². The number of benzene rings is 1. The maximum Gasteiger partial charge on any atom is 0.116 e. The van der Waals surface area contributed by atoms with Crippen molar-refractivity contribution in [1.29, 1.82) is 0 Å². The quantitative estimate of drug-likeness (QED) is 0.901. The molecule has 4 nitrogen and oxygen atoms in total. The first-order valence-corrected chi connectivity index (χ1v) is 7.27. The van der Waals surface area contributed by atoms with E-state index in [0.717, 1.165) is 24.1 Å². The Kier molecular flexibility index (Phi) is 3.74. The number of aromatic hydroxyl groups is 1. The monoisotopic (exact) mass is 271 g/mol. The smallest absolute Gasteiger partial charge is 0.116 e. The molecule has 0 radical (unpaired) electrons. The Hall–Kier alpha value is -1.81. The molecule has 2 aromatic rings. The molecule has 106 valence electrons. The summed E-state index contributed by atoms with van der Waals surface area (Å²) < 4.78 is 1.95. The van der Waals surface area contributed by atoms with E-state index in [0.29, 0.717) is 11.8 Å². The largest absolute Gasteiger partial charge is 0.508 e. The first-order chi connectivity index (χ1) is 9.74. The van der Waals surface area contributed by atoms with E-state index in [-0.39, 0.29) is 0 Å². The zero-order valence-electron chi connectivity index (χ0n) is 11.8. The predicted octanol–water partition coefficient (Wildman–Crippen LogP) is 2.48. The molecule has 4 heteroatoms. The number of nitrogens with one attached hydrogen (secondary N) is 1. The minimum Gasteiger partial charge on any atom is -0.508 e. The lowest BCUT2D eigenvalue weighted by Gasteiger charge is -2.24. The van der Waals surface area contributed by atoms with Gasteiger partial charge < -0.3 is 10.4 Å². The number of rotatable bonds is 3. The van der Waals surface area contributed by atoms with Crippen LogP contribution in [0.5, 0.6) is 5.75 Å². The van der Waals surface area contributed by atoms with Gasteiger partial charge in [0.1, 0.15) is 5.75 Å². The molecule has 2 N–H and O–H groups in total. The van der Waals surface area contributed by atoms with E-state index in [4.69, 9.17) is 0 Å². The van der Waals surface area contributed by atoms with Crippen LogP contribution in [-0.4, -0.2) is 27.5 Å². The summed E-state index contributed by atoms with van der Waals surface area (Å²) in [6, 6.07) is 7.93. The summed E-state index contributed by atoms with van der Waals surface area (Å²) in [5.74, 6) is 0.299. The number of hydrogen-bond donors (Lipinski definition) is 2. The molecule has 1 atom stereocenters. The van der Waals surface area contributed by atoms with Crippen molar-refractivity contribution < 1.29 is 5.11 Å². The van der Waals surface area contributed by atoms with Crippen molar-refractivity contribution in [3.8, 4) is 16.9 Å². The van der Waals surface area contributed by atoms with Crippen molar-refractivity contribution in [3.05, 3.63) is 36.2 Å². The van der Waals surface area contributed by atoms with E-state index in [1.54, 1.807) is 12.1 Å². The Balaban J connectivity index is 1.88. The molecular weight excluding hydrogens is 250 g/mol. The summed E-state index contributed by atoms with van der Waals surface area (Å²) in [4.78, 5) is 0. The number of aryl methyl sites for hydroxylation is 1. The molecule has 2 heterocycles. The third kappa shape index (κ3) is 2.70. The van der Waals surface area contributed by atoms with Gasteiger partial charge in [-0.15, -0.1) is 0 Å². The van der Waals surface area contributed by atoms with Gasteiger partial charge in [0.05, 0.1) is 6.20 Å². The van der Waals surface area contributed by atoms with Crippen LogP contribution in [0, 0.1) is 0 Å². The molecule has 0 aliphatic carbocycles. The van der Waals surface area contributed by atoms with E-state index in [2.05, 4.69) is 10.4 Å². The summed E-state index contributed by atoms with van der Waals surface area (Å²) in [5, 5.41) is 17.6. The lowest BCUT2D eigenvalue weighted by atomic mass is 9.97. The van der Waals surface area contributed by atoms with Crippen molar-refractivity contribution in [2.45, 2.75) is 31.7 Å². The summed E-state index contributed by atoms with van der Waals surface area (Å²) in [6.07, 6.45) is 6.69. The lowest BCUT2D eigenvalue weighted by Crippen LogP contribution is -2.36. The van der Waals surface area contributed by atoms with Crippen LogP contribution in [-0.2, 0) is 13.5 Å². The molecule has 1 aliphatic rings. The van der Waals surface area contributed by atoms with Gasteiger partial charge in [-0.05, 0) is 37.1 Å². The lowest BCUT2D eigenvalue weighted by molar-refractivity contribution is 0.393. The van der Waals surface area contributed by atoms with Crippen LogP contribution in [0.1, 0.15) is 25.0 Å². The maximum absolute atomic E-state index is 9.65. The molecule has 3 rings (SSSR count). The van der Waals surface area contributed by atoms with Gasteiger partial charge in [-0.25, -0.2) is 0 Å². The molecule has 0 amide bonds. The van der Waals surface area contributed by atoms with Crippen molar-refractivity contribution in [1.82, 2.24) is 15.1 Å². The van der Waals surface area contributed by atoms with Crippen molar-refractivity contribution in [2.75, 3.05) is 6.54 Å². The Bertz CT molecular complexity index is 585. The van der Waals surface area contributed by atoms with Gasteiger partial charge in [0.15, 0.2) is 0 Å². The minimum atomic E-state index is 0.299. The van der Waals surface area contributed by atoms with Crippen molar-refractivity contribution in [3.63, 3.8) is 0 Å². The second-order valence-electron chi connectivity index (χ2n) is 5.53. The highest BCUT2D eigenvalue weighted by atomic mass is 16.3. The number of hydrogen-bond acceptors (Lipinski definition) is 3. The standard InChI is InChI=1S/C16H21N3O/c1-19-16(10-13-6-2-3-8-17-13)15(11-18-19)12-5-4-7-14(20)9-12/h4-5,7,9,11,13,17,20H,2-3,6,8,10H2,1H3. The number of phenols is 1. The molecule has 1 unspecified atom stereocenters. The van der Waals surface area contributed by atoms with E-state index in [1.807, 2.05) is 30.1 Å². The van der Waals surface area contributed by atoms with Gasteiger partial charge in [-0.2, -0.15) is 5.10 Å². The highest BCUT2D eigenvalue weighted by Gasteiger charge is 2.18. The Morgan fingerprint density at radius 2 is 2.30 bits per heavy atom. The van der Waals surface area contributed by atoms with Crippen LogP contribution in [0.4, 0.5) is 0 Å². The van der Waals surface area contributed by atoms with Crippen LogP contribution in [0.2, 0.25) is 0 Å². The van der Waals surface area contributed by atoms with Crippen LogP contribution in [0.3, 0.4) is 0 Å². The number of aromatic nitrogens is 2. The fourth-order valence-electron chi connectivity index (χ4n) is 2.95. The van der Waals surface area contributed by atoms with E-state index in [9.17, 15) is 5.11 Å². The fourth-order valence-corrected chi connectivity index (χ4v) is 2.95. The molecule has 0 saturated carbocycles. The first-order valence-electron chi connectivity index (χ1n) is 7.27. The number of piperidine rings is 1. The zero-order chi connectivity index (χ0) is 13.9. The van der Waals surface area contributed by atoms with Crippen LogP contribution in [0.15, 0.2) is 30.5 Å². The summed E-state index contributed by atoms with van der Waals surface area (Å²) in [6.45, 7) is 1.12. The van der Waals surface area contributed by atoms with Gasteiger partial charge in [0.2, 0.25) is 0 Å². The molecular formula is C16H21N3O. The van der Waals surface area contributed by atoms with Crippen molar-refractivity contribution >= 4 is 0 Å². The molecule has 1 saturated heterocycles. The molecule has 20 heavy (non-hydrogen) atoms. The third-order valence-electron chi connectivity index (χ3n) is 4.07. The van der Waals surface area contributed by atoms with Gasteiger partial charge in [0.25, 0.3) is 0 Å². The topological polar surface area (TPSA) is 50.1 Å². The predicted molar refractivity (Wildman–Crippen MR) is 79.7 cm³/mol. The van der Waals surface area contributed by atoms with Gasteiger partial charge in [-0.1, -0.05) is 18.6 Å². The number of phenolic OH excluding ortho intramolecular Hbond substituents is 1. The first kappa shape index (κ1) is 13.2. The van der Waals surface area contributed by atoms with E-state index >= 15 is 0 Å². The van der Waals surface area contributed by atoms with Gasteiger partial charge in [0, 0.05) is 30.8 Å². The van der Waals surface area contributed by atoms with E-state index in [1.165, 1.54) is 25.0 Å². The normalized spacial score (nSPS) is 19.1. The maximum atomic E-state index is 9.65. The molecule has 1 aromatic carbocycles. The summed E-state index contributed by atoms with van der Waals surface area (Å²) >= 11 is 0. The Morgan fingerprint density at radius 3 is 3.05 bits per heavy atom. The summed E-state index contributed by atoms with van der Waals surface area (Å²) in [7, 11) is 1.99. The molecule has 1 aromatic heterocycles. The average molecular weight is 271 g/mol. The fraction of sp³-hybridized carbons (Fsp3) is 0.438.